The average Bonchev–Trinajstić information content (AvgIpc) is 2.29. The van der Waals surface area contributed by atoms with Gasteiger partial charge < -0.3 is 15.1 Å². The number of benzene rings is 1. The third-order valence-corrected chi connectivity index (χ3v) is 2.52. The highest BCUT2D eigenvalue weighted by Crippen LogP contribution is 2.18. The Labute approximate surface area is 90.8 Å². The highest BCUT2D eigenvalue weighted by atomic mass is 16.3. The molecule has 0 bridgehead atoms. The molecule has 0 saturated heterocycles. The Morgan fingerprint density at radius 1 is 1.19 bits per heavy atom. The first kappa shape index (κ1) is 10.6. The largest absolute Gasteiger partial charge is 0.388 e. The van der Waals surface area contributed by atoms with Crippen LogP contribution in [0, 0.1) is 0 Å². The van der Waals surface area contributed by atoms with Crippen LogP contribution >= 0.6 is 0 Å². The molecule has 3 N–H and O–H groups in total. The molecule has 0 saturated carbocycles. The molecule has 2 rings (SSSR count). The highest BCUT2D eigenvalue weighted by Gasteiger charge is 2.06. The zero-order valence-electron chi connectivity index (χ0n) is 8.78. The van der Waals surface area contributed by atoms with Crippen molar-refractivity contribution in [3.63, 3.8) is 0 Å². The third kappa shape index (κ3) is 1.77. The van der Waals surface area contributed by atoms with Gasteiger partial charge in [-0.3, -0.25) is 9.59 Å². The monoisotopic (exact) mass is 220 g/mol. The minimum atomic E-state index is -0.685. The molecule has 0 spiro atoms. The smallest absolute Gasteiger partial charge is 0.314 e. The maximum Gasteiger partial charge on any atom is 0.314 e. The predicted molar refractivity (Wildman–Crippen MR) is 60.4 cm³/mol. The molecule has 1 aromatic carbocycles. The summed E-state index contributed by atoms with van der Waals surface area (Å²) in [5, 5.41) is 9.65. The fourth-order valence-corrected chi connectivity index (χ4v) is 1.58. The summed E-state index contributed by atoms with van der Waals surface area (Å²) >= 11 is 0. The summed E-state index contributed by atoms with van der Waals surface area (Å²) in [5.74, 6) is 0. The fourth-order valence-electron chi connectivity index (χ4n) is 1.58. The van der Waals surface area contributed by atoms with E-state index >= 15 is 0 Å². The number of aliphatic hydroxyl groups excluding tert-OH is 1. The molecule has 84 valence electrons. The van der Waals surface area contributed by atoms with Gasteiger partial charge >= 0.3 is 11.1 Å². The van der Waals surface area contributed by atoms with Gasteiger partial charge in [-0.25, -0.2) is 0 Å². The molecule has 0 aliphatic rings. The van der Waals surface area contributed by atoms with Gasteiger partial charge in [0.05, 0.1) is 17.1 Å². The third-order valence-electron chi connectivity index (χ3n) is 2.52. The van der Waals surface area contributed by atoms with E-state index in [-0.39, 0.29) is 0 Å². The van der Waals surface area contributed by atoms with Gasteiger partial charge in [0.15, 0.2) is 0 Å². The molecule has 2 aromatic rings. The van der Waals surface area contributed by atoms with Crippen LogP contribution < -0.4 is 11.1 Å². The van der Waals surface area contributed by atoms with Crippen molar-refractivity contribution in [1.82, 2.24) is 9.97 Å². The molecule has 5 nitrogen and oxygen atoms in total. The van der Waals surface area contributed by atoms with Gasteiger partial charge in [-0.1, -0.05) is 13.0 Å². The summed E-state index contributed by atoms with van der Waals surface area (Å²) in [7, 11) is 0. The van der Waals surface area contributed by atoms with Crippen molar-refractivity contribution >= 4 is 11.0 Å². The Balaban J connectivity index is 2.67. The summed E-state index contributed by atoms with van der Waals surface area (Å²) in [5.41, 5.74) is 0.441. The van der Waals surface area contributed by atoms with Crippen LogP contribution in [0.5, 0.6) is 0 Å². The second-order valence-electron chi connectivity index (χ2n) is 3.64. The average molecular weight is 220 g/mol. The van der Waals surface area contributed by atoms with E-state index in [1.165, 1.54) is 0 Å². The Kier molecular flexibility index (Phi) is 2.62. The number of rotatable bonds is 2. The molecule has 0 aliphatic carbocycles. The second kappa shape index (κ2) is 3.94. The van der Waals surface area contributed by atoms with Crippen LogP contribution in [0.1, 0.15) is 25.0 Å². The lowest BCUT2D eigenvalue weighted by Crippen LogP contribution is -2.28. The number of hydrogen-bond donors (Lipinski definition) is 3. The Morgan fingerprint density at radius 2 is 1.81 bits per heavy atom. The molecule has 0 fully saturated rings. The summed E-state index contributed by atoms with van der Waals surface area (Å²) in [6.07, 6.45) is 0.0406. The summed E-state index contributed by atoms with van der Waals surface area (Å²) in [4.78, 5) is 27.1. The lowest BCUT2D eigenvalue weighted by Gasteiger charge is -2.08. The van der Waals surface area contributed by atoms with Crippen molar-refractivity contribution in [2.45, 2.75) is 19.4 Å². The summed E-state index contributed by atoms with van der Waals surface area (Å²) in [6, 6.07) is 5.06. The summed E-state index contributed by atoms with van der Waals surface area (Å²) < 4.78 is 0. The maximum absolute atomic E-state index is 11.1. The minimum Gasteiger partial charge on any atom is -0.388 e. The standard InChI is InChI=1S/C11H12N2O3/c1-2-9(14)6-3-4-7-8(5-6)13-11(16)10(15)12-7/h3-5,9,14H,2H2,1H3,(H,12,15)(H,13,16)/t9-/m0/s1. The molecule has 5 heteroatoms. The van der Waals surface area contributed by atoms with Crippen molar-refractivity contribution < 1.29 is 5.11 Å². The maximum atomic E-state index is 11.1. The van der Waals surface area contributed by atoms with Gasteiger partial charge in [-0.15, -0.1) is 0 Å². The Hall–Kier alpha value is -1.88. The quantitative estimate of drug-likeness (QED) is 0.650. The number of hydrogen-bond acceptors (Lipinski definition) is 3. The molecule has 1 heterocycles. The highest BCUT2D eigenvalue weighted by molar-refractivity contribution is 5.74. The van der Waals surface area contributed by atoms with Gasteiger partial charge in [0.2, 0.25) is 0 Å². The Morgan fingerprint density at radius 3 is 2.44 bits per heavy atom. The number of fused-ring (bicyclic) bond motifs is 1. The normalized spacial score (nSPS) is 12.9. The van der Waals surface area contributed by atoms with Crippen LogP contribution in [0.25, 0.3) is 11.0 Å². The van der Waals surface area contributed by atoms with E-state index in [9.17, 15) is 14.7 Å². The minimum absolute atomic E-state index is 0.523. The zero-order chi connectivity index (χ0) is 11.7. The first-order chi connectivity index (χ1) is 7.61. The van der Waals surface area contributed by atoms with Crippen molar-refractivity contribution in [3.05, 3.63) is 44.5 Å². The number of nitrogens with one attached hydrogen (secondary N) is 2. The van der Waals surface area contributed by atoms with Gasteiger partial charge in [0.25, 0.3) is 0 Å². The van der Waals surface area contributed by atoms with Crippen molar-refractivity contribution in [1.29, 1.82) is 0 Å². The molecule has 16 heavy (non-hydrogen) atoms. The van der Waals surface area contributed by atoms with Crippen LogP contribution in [0.2, 0.25) is 0 Å². The predicted octanol–water partition coefficient (Wildman–Crippen LogP) is 0.660. The lowest BCUT2D eigenvalue weighted by molar-refractivity contribution is 0.174. The first-order valence-electron chi connectivity index (χ1n) is 5.06. The van der Waals surface area contributed by atoms with Gasteiger partial charge in [0.1, 0.15) is 0 Å². The van der Waals surface area contributed by atoms with E-state index < -0.39 is 17.2 Å². The number of aromatic nitrogens is 2. The summed E-state index contributed by atoms with van der Waals surface area (Å²) in [6.45, 7) is 1.87. The molecular formula is C11H12N2O3. The van der Waals surface area contributed by atoms with Crippen molar-refractivity contribution in [3.8, 4) is 0 Å². The van der Waals surface area contributed by atoms with E-state index in [0.717, 1.165) is 5.56 Å². The van der Waals surface area contributed by atoms with E-state index in [2.05, 4.69) is 9.97 Å². The van der Waals surface area contributed by atoms with Crippen LogP contribution in [0.4, 0.5) is 0 Å². The Bertz CT molecular complexity index is 627. The van der Waals surface area contributed by atoms with Crippen molar-refractivity contribution in [2.75, 3.05) is 0 Å². The number of aromatic amines is 2. The topological polar surface area (TPSA) is 85.9 Å². The number of H-pyrrole nitrogens is 2. The molecule has 1 aromatic heterocycles. The first-order valence-corrected chi connectivity index (χ1v) is 5.06. The van der Waals surface area contributed by atoms with E-state index in [1.807, 2.05) is 6.92 Å². The van der Waals surface area contributed by atoms with Gasteiger partial charge in [0, 0.05) is 0 Å². The van der Waals surface area contributed by atoms with E-state index in [0.29, 0.717) is 17.5 Å². The van der Waals surface area contributed by atoms with Gasteiger partial charge in [-0.05, 0) is 24.1 Å². The molecule has 0 aliphatic heterocycles. The molecular weight excluding hydrogens is 208 g/mol. The van der Waals surface area contributed by atoms with E-state index in [4.69, 9.17) is 0 Å². The molecule has 0 unspecified atom stereocenters. The molecule has 0 radical (unpaired) electrons. The SMILES string of the molecule is CC[C@H](O)c1ccc2[nH]c(=O)c(=O)[nH]c2c1. The van der Waals surface area contributed by atoms with Crippen LogP contribution in [-0.2, 0) is 0 Å². The van der Waals surface area contributed by atoms with Crippen molar-refractivity contribution in [2.24, 2.45) is 0 Å². The fraction of sp³-hybridized carbons (Fsp3) is 0.273. The molecule has 1 atom stereocenters. The molecule has 0 amide bonds. The van der Waals surface area contributed by atoms with Gasteiger partial charge in [-0.2, -0.15) is 0 Å². The second-order valence-corrected chi connectivity index (χ2v) is 3.64. The number of aliphatic hydroxyl groups is 1. The van der Waals surface area contributed by atoms with Crippen LogP contribution in [-0.4, -0.2) is 15.1 Å². The van der Waals surface area contributed by atoms with Crippen LogP contribution in [0.3, 0.4) is 0 Å². The lowest BCUT2D eigenvalue weighted by atomic mass is 10.1. The van der Waals surface area contributed by atoms with E-state index in [1.54, 1.807) is 18.2 Å². The van der Waals surface area contributed by atoms with Crippen LogP contribution in [0.15, 0.2) is 27.8 Å². The zero-order valence-corrected chi connectivity index (χ0v) is 8.78.